The maximum absolute atomic E-state index is 9.56. The largest absolute Gasteiger partial charge is 1.00 e. The summed E-state index contributed by atoms with van der Waals surface area (Å²) in [6, 6.07) is 0. The molecule has 0 spiro atoms. The molecule has 0 aromatic rings. The predicted molar refractivity (Wildman–Crippen MR) is 23.2 cm³/mol. The Labute approximate surface area is 93.5 Å². The van der Waals surface area contributed by atoms with Crippen molar-refractivity contribution >= 4 is 10.1 Å². The summed E-state index contributed by atoms with van der Waals surface area (Å²) >= 11 is 0. The van der Waals surface area contributed by atoms with Gasteiger partial charge >= 0.3 is 58.2 Å². The fourth-order valence-electron chi connectivity index (χ4n) is 0. The fourth-order valence-corrected chi connectivity index (χ4v) is 0. The SMILES string of the molecule is CCS(=O)(=O)O.[H-].[Rb+]. The van der Waals surface area contributed by atoms with E-state index in [4.69, 9.17) is 4.55 Å². The van der Waals surface area contributed by atoms with Gasteiger partial charge in [0.25, 0.3) is 10.1 Å². The van der Waals surface area contributed by atoms with Crippen molar-refractivity contribution in [3.8, 4) is 0 Å². The first-order valence-electron chi connectivity index (χ1n) is 1.51. The van der Waals surface area contributed by atoms with Crippen LogP contribution in [0.5, 0.6) is 0 Å². The van der Waals surface area contributed by atoms with Gasteiger partial charge in [0.05, 0.1) is 5.75 Å². The van der Waals surface area contributed by atoms with E-state index in [0.29, 0.717) is 0 Å². The molecule has 0 aliphatic carbocycles. The minimum Gasteiger partial charge on any atom is -1.00 e. The smallest absolute Gasteiger partial charge is 1.00 e. The standard InChI is InChI=1S/C2H6O3S.Rb.H/c1-2-6(3,4)5;;/h2H2,1H3,(H,3,4,5);;/q;+1;-1. The molecule has 0 rings (SSSR count). The van der Waals surface area contributed by atoms with Gasteiger partial charge in [-0.3, -0.25) is 4.55 Å². The van der Waals surface area contributed by atoms with Crippen LogP contribution in [0.3, 0.4) is 0 Å². The summed E-state index contributed by atoms with van der Waals surface area (Å²) in [6.07, 6.45) is 0. The first-order chi connectivity index (χ1) is 2.56. The third kappa shape index (κ3) is 11.3. The Morgan fingerprint density at radius 3 is 1.86 bits per heavy atom. The van der Waals surface area contributed by atoms with Crippen LogP contribution < -0.4 is 58.2 Å². The van der Waals surface area contributed by atoms with E-state index in [-0.39, 0.29) is 65.4 Å². The van der Waals surface area contributed by atoms with Crippen LogP contribution in [0.15, 0.2) is 0 Å². The molecular weight excluding hydrogens is 190 g/mol. The molecule has 0 saturated carbocycles. The molecule has 0 heterocycles. The van der Waals surface area contributed by atoms with Crippen molar-refractivity contribution in [2.75, 3.05) is 5.75 Å². The number of hydrogen-bond donors (Lipinski definition) is 1. The Hall–Kier alpha value is 1.72. The van der Waals surface area contributed by atoms with E-state index in [0.717, 1.165) is 0 Å². The van der Waals surface area contributed by atoms with Crippen molar-refractivity contribution in [2.24, 2.45) is 0 Å². The van der Waals surface area contributed by atoms with Gasteiger partial charge in [0.15, 0.2) is 0 Å². The van der Waals surface area contributed by atoms with Crippen molar-refractivity contribution < 1.29 is 72.6 Å². The molecule has 0 radical (unpaired) electrons. The third-order valence-corrected chi connectivity index (χ3v) is 1.09. The monoisotopic (exact) mass is 196 g/mol. The minimum atomic E-state index is -3.66. The maximum atomic E-state index is 9.56. The quantitative estimate of drug-likeness (QED) is 0.455. The molecule has 3 nitrogen and oxygen atoms in total. The van der Waals surface area contributed by atoms with Gasteiger partial charge in [0, 0.05) is 0 Å². The zero-order valence-corrected chi connectivity index (χ0v) is 10.1. The fraction of sp³-hybridized carbons (Fsp3) is 1.00. The Kier molecular flexibility index (Phi) is 7.53. The number of hydrogen-bond acceptors (Lipinski definition) is 2. The summed E-state index contributed by atoms with van der Waals surface area (Å²) in [5.41, 5.74) is 0. The summed E-state index contributed by atoms with van der Waals surface area (Å²) in [5.74, 6) is -0.201. The van der Waals surface area contributed by atoms with E-state index in [1.165, 1.54) is 6.92 Å². The van der Waals surface area contributed by atoms with Gasteiger partial charge in [0.1, 0.15) is 0 Å². The molecule has 0 unspecified atom stereocenters. The predicted octanol–water partition coefficient (Wildman–Crippen LogP) is -2.99. The molecule has 0 amide bonds. The summed E-state index contributed by atoms with van der Waals surface area (Å²) in [4.78, 5) is 0. The van der Waals surface area contributed by atoms with Crippen molar-refractivity contribution in [2.45, 2.75) is 6.92 Å². The van der Waals surface area contributed by atoms with Crippen molar-refractivity contribution in [3.63, 3.8) is 0 Å². The van der Waals surface area contributed by atoms with Gasteiger partial charge in [-0.2, -0.15) is 8.42 Å². The molecule has 0 bridgehead atoms. The van der Waals surface area contributed by atoms with Crippen LogP contribution >= 0.6 is 0 Å². The molecule has 0 aliphatic heterocycles. The molecule has 0 fully saturated rings. The zero-order chi connectivity index (χ0) is 5.21. The van der Waals surface area contributed by atoms with Crippen LogP contribution in [0.2, 0.25) is 0 Å². The van der Waals surface area contributed by atoms with Crippen molar-refractivity contribution in [1.29, 1.82) is 0 Å². The molecule has 0 saturated heterocycles. The van der Waals surface area contributed by atoms with E-state index in [1.807, 2.05) is 0 Å². The van der Waals surface area contributed by atoms with Crippen molar-refractivity contribution in [1.82, 2.24) is 0 Å². The molecule has 7 heavy (non-hydrogen) atoms. The second-order valence-electron chi connectivity index (χ2n) is 0.871. The van der Waals surface area contributed by atoms with E-state index in [2.05, 4.69) is 0 Å². The van der Waals surface area contributed by atoms with E-state index in [1.54, 1.807) is 0 Å². The summed E-state index contributed by atoms with van der Waals surface area (Å²) in [6.45, 7) is 1.37. The summed E-state index contributed by atoms with van der Waals surface area (Å²) < 4.78 is 26.9. The molecule has 0 aromatic carbocycles. The molecule has 0 aliphatic rings. The van der Waals surface area contributed by atoms with Crippen molar-refractivity contribution in [3.05, 3.63) is 0 Å². The Bertz CT molecular complexity index is 119. The second-order valence-corrected chi connectivity index (χ2v) is 2.61. The summed E-state index contributed by atoms with van der Waals surface area (Å²) in [5, 5.41) is 0. The van der Waals surface area contributed by atoms with Gasteiger partial charge in [-0.25, -0.2) is 0 Å². The van der Waals surface area contributed by atoms with Gasteiger partial charge in [-0.05, 0) is 6.92 Å². The van der Waals surface area contributed by atoms with Crippen LogP contribution in [0.4, 0.5) is 0 Å². The van der Waals surface area contributed by atoms with Crippen LogP contribution in [-0.2, 0) is 10.1 Å². The van der Waals surface area contributed by atoms with E-state index in [9.17, 15) is 8.42 Å². The van der Waals surface area contributed by atoms with E-state index >= 15 is 0 Å². The average molecular weight is 197 g/mol. The molecule has 1 N–H and O–H groups in total. The average Bonchev–Trinajstić information content (AvgIpc) is 1.35. The minimum absolute atomic E-state index is 0. The first kappa shape index (κ1) is 11.5. The van der Waals surface area contributed by atoms with Crippen LogP contribution in [0, 0.1) is 0 Å². The molecule has 5 heteroatoms. The van der Waals surface area contributed by atoms with Crippen LogP contribution in [0.25, 0.3) is 0 Å². The first-order valence-corrected chi connectivity index (χ1v) is 3.12. The molecular formula is C2H7O3RbS. The zero-order valence-electron chi connectivity index (χ0n) is 5.38. The Morgan fingerprint density at radius 1 is 1.71 bits per heavy atom. The Morgan fingerprint density at radius 2 is 1.86 bits per heavy atom. The summed E-state index contributed by atoms with van der Waals surface area (Å²) in [7, 11) is -3.66. The van der Waals surface area contributed by atoms with Gasteiger partial charge in [0.2, 0.25) is 0 Å². The van der Waals surface area contributed by atoms with Gasteiger partial charge < -0.3 is 1.43 Å². The van der Waals surface area contributed by atoms with Crippen LogP contribution in [-0.4, -0.2) is 18.7 Å². The van der Waals surface area contributed by atoms with E-state index < -0.39 is 10.1 Å². The van der Waals surface area contributed by atoms with Crippen LogP contribution in [0.1, 0.15) is 8.35 Å². The normalized spacial score (nSPS) is 10.0. The maximum Gasteiger partial charge on any atom is 1.00 e. The topological polar surface area (TPSA) is 54.4 Å². The third-order valence-electron chi connectivity index (χ3n) is 0.365. The van der Waals surface area contributed by atoms with Gasteiger partial charge in [-0.15, -0.1) is 0 Å². The molecule has 0 atom stereocenters. The Balaban J connectivity index is -0.000000125. The van der Waals surface area contributed by atoms with Gasteiger partial charge in [-0.1, -0.05) is 0 Å². The molecule has 40 valence electrons. The second kappa shape index (κ2) is 4.58. The number of rotatable bonds is 1. The molecule has 0 aromatic heterocycles.